The van der Waals surface area contributed by atoms with Gasteiger partial charge in [-0.1, -0.05) is 18.2 Å². The van der Waals surface area contributed by atoms with Crippen LogP contribution in [0, 0.1) is 6.92 Å². The number of H-pyrrole nitrogens is 1. The number of rotatable bonds is 6. The first-order valence-corrected chi connectivity index (χ1v) is 11.1. The van der Waals surface area contributed by atoms with E-state index in [0.29, 0.717) is 17.9 Å². The third kappa shape index (κ3) is 3.71. The molecule has 4 rings (SSSR count). The second-order valence-electron chi connectivity index (χ2n) is 6.62. The van der Waals surface area contributed by atoms with E-state index >= 15 is 0 Å². The van der Waals surface area contributed by atoms with Gasteiger partial charge in [0.05, 0.1) is 10.6 Å². The van der Waals surface area contributed by atoms with E-state index < -0.39 is 10.0 Å². The highest BCUT2D eigenvalue weighted by molar-refractivity contribution is 7.89. The van der Waals surface area contributed by atoms with Crippen molar-refractivity contribution >= 4 is 21.4 Å². The van der Waals surface area contributed by atoms with E-state index in [0.717, 1.165) is 33.3 Å². The van der Waals surface area contributed by atoms with Crippen LogP contribution in [0.2, 0.25) is 0 Å². The highest BCUT2D eigenvalue weighted by atomic mass is 32.2. The summed E-state index contributed by atoms with van der Waals surface area (Å²) in [6, 6.07) is 12.8. The van der Waals surface area contributed by atoms with Crippen molar-refractivity contribution in [3.8, 4) is 11.4 Å². The molecule has 28 heavy (non-hydrogen) atoms. The Morgan fingerprint density at radius 3 is 2.61 bits per heavy atom. The van der Waals surface area contributed by atoms with E-state index in [1.54, 1.807) is 30.5 Å². The zero-order valence-electron chi connectivity index (χ0n) is 15.6. The van der Waals surface area contributed by atoms with Gasteiger partial charge in [0.25, 0.3) is 0 Å². The Kier molecular flexibility index (Phi) is 5.01. The topological polar surface area (TPSA) is 79.0 Å². The van der Waals surface area contributed by atoms with Gasteiger partial charge in [-0.05, 0) is 42.1 Å². The number of fused-ring (bicyclic) bond motifs is 1. The van der Waals surface area contributed by atoms with Gasteiger partial charge >= 0.3 is 0 Å². The summed E-state index contributed by atoms with van der Waals surface area (Å²) in [5, 5.41) is 1.95. The number of nitrogens with one attached hydrogen (secondary N) is 1. The van der Waals surface area contributed by atoms with Crippen LogP contribution in [-0.2, 0) is 23.0 Å². The Hall–Kier alpha value is -2.55. The van der Waals surface area contributed by atoms with Crippen LogP contribution in [0.3, 0.4) is 0 Å². The lowest BCUT2D eigenvalue weighted by Crippen LogP contribution is -2.26. The molecule has 8 heteroatoms. The van der Waals surface area contributed by atoms with Gasteiger partial charge in [-0.3, -0.25) is 0 Å². The molecule has 0 aliphatic carbocycles. The van der Waals surface area contributed by atoms with Crippen LogP contribution in [0.1, 0.15) is 22.0 Å². The Balaban J connectivity index is 1.53. The number of aromatic amines is 1. The van der Waals surface area contributed by atoms with E-state index in [1.807, 2.05) is 48.8 Å². The van der Waals surface area contributed by atoms with Gasteiger partial charge in [0.2, 0.25) is 10.0 Å². The van der Waals surface area contributed by atoms with E-state index in [1.165, 1.54) is 4.31 Å². The highest BCUT2D eigenvalue weighted by Crippen LogP contribution is 2.24. The van der Waals surface area contributed by atoms with Crippen LogP contribution < -0.4 is 0 Å². The molecule has 144 valence electrons. The van der Waals surface area contributed by atoms with E-state index in [9.17, 15) is 8.42 Å². The minimum atomic E-state index is -3.53. The fourth-order valence-corrected chi connectivity index (χ4v) is 5.09. The number of nitrogens with zero attached hydrogens (tertiary/aromatic N) is 3. The summed E-state index contributed by atoms with van der Waals surface area (Å²) in [4.78, 5) is 13.4. The molecule has 0 saturated carbocycles. The predicted molar refractivity (Wildman–Crippen MR) is 110 cm³/mol. The Labute approximate surface area is 168 Å². The van der Waals surface area contributed by atoms with Crippen LogP contribution in [0.25, 0.3) is 11.4 Å². The largest absolute Gasteiger partial charge is 0.363 e. The maximum Gasteiger partial charge on any atom is 0.243 e. The fourth-order valence-electron chi connectivity index (χ4n) is 3.10. The molecule has 0 amide bonds. The van der Waals surface area contributed by atoms with Crippen molar-refractivity contribution < 1.29 is 8.42 Å². The molecule has 0 spiro atoms. The maximum atomic E-state index is 12.8. The van der Waals surface area contributed by atoms with E-state index in [2.05, 4.69) is 15.0 Å². The minimum absolute atomic E-state index is 0.293. The lowest BCUT2D eigenvalue weighted by molar-refractivity contribution is 0.469. The number of hydrogen-bond acceptors (Lipinski definition) is 5. The molecule has 0 bridgehead atoms. The molecular weight excluding hydrogens is 392 g/mol. The van der Waals surface area contributed by atoms with Gasteiger partial charge < -0.3 is 4.98 Å². The molecular formula is C20H20N4O2S2. The first-order chi connectivity index (χ1) is 13.4. The number of pyridine rings is 1. The molecule has 0 saturated heterocycles. The lowest BCUT2D eigenvalue weighted by atomic mass is 10.1. The molecule has 0 atom stereocenters. The lowest BCUT2D eigenvalue weighted by Gasteiger charge is -2.16. The number of thiophene rings is 1. The van der Waals surface area contributed by atoms with Gasteiger partial charge in [0.1, 0.15) is 11.5 Å². The zero-order valence-corrected chi connectivity index (χ0v) is 17.2. The Morgan fingerprint density at radius 1 is 1.11 bits per heavy atom. The molecule has 2 aliphatic heterocycles. The standard InChI is InChI=1S/C20H20N4O2S2/c1-14-22-18-9-10-21-19(20(18)23-14)12-15-5-7-17(8-6-15)28(25,26)24(2)13-16-4-3-11-27-16/h3-11,21H,12-13H2,1-2H3. The van der Waals surface area contributed by atoms with Crippen LogP contribution in [0.4, 0.5) is 0 Å². The van der Waals surface area contributed by atoms with Crippen molar-refractivity contribution in [2.45, 2.75) is 24.8 Å². The van der Waals surface area contributed by atoms with Gasteiger partial charge in [-0.15, -0.1) is 11.3 Å². The van der Waals surface area contributed by atoms with Crippen LogP contribution >= 0.6 is 11.3 Å². The van der Waals surface area contributed by atoms with Crippen molar-refractivity contribution in [2.24, 2.45) is 0 Å². The minimum Gasteiger partial charge on any atom is -0.363 e. The molecule has 6 nitrogen and oxygen atoms in total. The molecule has 1 N–H and O–H groups in total. The monoisotopic (exact) mass is 412 g/mol. The number of aromatic nitrogens is 3. The average Bonchev–Trinajstić information content (AvgIpc) is 3.31. The number of imidazole rings is 1. The van der Waals surface area contributed by atoms with Crippen molar-refractivity contribution in [3.05, 3.63) is 76.0 Å². The second kappa shape index (κ2) is 7.46. The fraction of sp³-hybridized carbons (Fsp3) is 0.200. The number of benzene rings is 1. The number of sulfonamides is 1. The molecule has 2 aliphatic rings. The summed E-state index contributed by atoms with van der Waals surface area (Å²) in [6.07, 6.45) is 2.48. The average molecular weight is 413 g/mol. The van der Waals surface area contributed by atoms with E-state index in [-0.39, 0.29) is 0 Å². The van der Waals surface area contributed by atoms with Crippen LogP contribution in [0.15, 0.2) is 58.9 Å². The van der Waals surface area contributed by atoms with Gasteiger partial charge in [0.15, 0.2) is 0 Å². The van der Waals surface area contributed by atoms with Gasteiger partial charge in [-0.2, -0.15) is 4.31 Å². The summed E-state index contributed by atoms with van der Waals surface area (Å²) in [7, 11) is -1.92. The molecule has 2 aromatic rings. The normalized spacial score (nSPS) is 12.1. The highest BCUT2D eigenvalue weighted by Gasteiger charge is 2.21. The summed E-state index contributed by atoms with van der Waals surface area (Å²) < 4.78 is 27.0. The first-order valence-electron chi connectivity index (χ1n) is 8.82. The maximum absolute atomic E-state index is 12.8. The third-order valence-corrected chi connectivity index (χ3v) is 7.23. The summed E-state index contributed by atoms with van der Waals surface area (Å²) in [5.41, 5.74) is 3.68. The molecule has 1 aromatic heterocycles. The second-order valence-corrected chi connectivity index (χ2v) is 9.70. The molecule has 3 heterocycles. The Morgan fingerprint density at radius 2 is 1.89 bits per heavy atom. The van der Waals surface area contributed by atoms with Gasteiger partial charge in [0, 0.05) is 36.8 Å². The quantitative estimate of drug-likeness (QED) is 0.524. The van der Waals surface area contributed by atoms with Crippen molar-refractivity contribution in [2.75, 3.05) is 7.05 Å². The van der Waals surface area contributed by atoms with Crippen LogP contribution in [-0.4, -0.2) is 34.7 Å². The molecule has 0 fully saturated rings. The summed E-state index contributed by atoms with van der Waals surface area (Å²) in [6.45, 7) is 2.24. The number of hydrogen-bond donors (Lipinski definition) is 1. The SMILES string of the molecule is Cc1nc2cc[nH]c(Cc3ccc(S(=O)(=O)N(C)Cc4cccs4)cc3)c-2n1. The van der Waals surface area contributed by atoms with Crippen molar-refractivity contribution in [1.29, 1.82) is 0 Å². The third-order valence-electron chi connectivity index (χ3n) is 4.55. The van der Waals surface area contributed by atoms with Crippen LogP contribution in [0.5, 0.6) is 0 Å². The summed E-state index contributed by atoms with van der Waals surface area (Å²) >= 11 is 1.55. The van der Waals surface area contributed by atoms with Crippen molar-refractivity contribution in [3.63, 3.8) is 0 Å². The Bertz CT molecular complexity index is 1150. The first kappa shape index (κ1) is 18.8. The molecule has 0 unspecified atom stereocenters. The summed E-state index contributed by atoms with van der Waals surface area (Å²) in [5.74, 6) is 0.742. The van der Waals surface area contributed by atoms with Gasteiger partial charge in [-0.25, -0.2) is 18.4 Å². The number of aryl methyl sites for hydroxylation is 1. The molecule has 0 radical (unpaired) electrons. The zero-order chi connectivity index (χ0) is 19.7. The predicted octanol–water partition coefficient (Wildman–Crippen LogP) is 3.69. The smallest absolute Gasteiger partial charge is 0.243 e. The van der Waals surface area contributed by atoms with Crippen molar-refractivity contribution in [1.82, 2.24) is 19.3 Å². The van der Waals surface area contributed by atoms with E-state index in [4.69, 9.17) is 0 Å². The molecule has 1 aromatic carbocycles.